The molecular weight excluding hydrogens is 340 g/mol. The van der Waals surface area contributed by atoms with E-state index < -0.39 is 0 Å². The summed E-state index contributed by atoms with van der Waals surface area (Å²) in [7, 11) is 0. The largest absolute Gasteiger partial charge is 0.335 e. The first-order valence-corrected chi connectivity index (χ1v) is 9.52. The van der Waals surface area contributed by atoms with Crippen molar-refractivity contribution in [1.82, 2.24) is 19.8 Å². The third-order valence-corrected chi connectivity index (χ3v) is 5.64. The van der Waals surface area contributed by atoms with Crippen molar-refractivity contribution < 1.29 is 9.59 Å². The summed E-state index contributed by atoms with van der Waals surface area (Å²) in [6.07, 6.45) is 7.06. The number of rotatable bonds is 3. The molecule has 140 valence electrons. The molecular formula is C21H24N4O2. The van der Waals surface area contributed by atoms with Crippen molar-refractivity contribution in [3.8, 4) is 0 Å². The Balaban J connectivity index is 1.54. The third-order valence-electron chi connectivity index (χ3n) is 5.64. The van der Waals surface area contributed by atoms with Crippen molar-refractivity contribution in [1.29, 1.82) is 0 Å². The first-order chi connectivity index (χ1) is 13.1. The van der Waals surface area contributed by atoms with Crippen LogP contribution in [0.3, 0.4) is 0 Å². The van der Waals surface area contributed by atoms with Gasteiger partial charge in [0, 0.05) is 38.4 Å². The average molecular weight is 364 g/mol. The Hall–Kier alpha value is -2.76. The lowest BCUT2D eigenvalue weighted by Gasteiger charge is -2.30. The normalized spacial score (nSPS) is 22.5. The predicted octanol–water partition coefficient (Wildman–Crippen LogP) is 2.44. The van der Waals surface area contributed by atoms with E-state index in [1.54, 1.807) is 6.20 Å². The molecule has 2 saturated heterocycles. The fourth-order valence-electron chi connectivity index (χ4n) is 4.17. The molecule has 6 nitrogen and oxygen atoms in total. The summed E-state index contributed by atoms with van der Waals surface area (Å²) in [5, 5.41) is 0. The van der Waals surface area contributed by atoms with Crippen molar-refractivity contribution in [2.45, 2.75) is 38.8 Å². The fraction of sp³-hybridized carbons (Fsp3) is 0.429. The van der Waals surface area contributed by atoms with Crippen LogP contribution in [0.4, 0.5) is 0 Å². The lowest BCUT2D eigenvalue weighted by molar-refractivity contribution is -0.133. The molecule has 0 spiro atoms. The number of aryl methyl sites for hydroxylation is 1. The Morgan fingerprint density at radius 1 is 1.19 bits per heavy atom. The van der Waals surface area contributed by atoms with Crippen LogP contribution in [-0.4, -0.2) is 50.7 Å². The summed E-state index contributed by atoms with van der Waals surface area (Å²) in [5.41, 5.74) is 2.71. The highest BCUT2D eigenvalue weighted by Gasteiger charge is 2.42. The fourth-order valence-corrected chi connectivity index (χ4v) is 4.17. The molecule has 0 unspecified atom stereocenters. The van der Waals surface area contributed by atoms with Crippen molar-refractivity contribution in [3.05, 3.63) is 59.7 Å². The molecule has 2 aliphatic rings. The standard InChI is InChI=1S/C21H24N4O2/c1-15-5-7-16(8-6-15)12-25-19-14-24(13-17(19)3-2-4-20(25)26)21(27)18-11-22-9-10-23-18/h5-11,17,19H,2-4,12-14H2,1H3/t17-,19+/m1/s1. The second-order valence-electron chi connectivity index (χ2n) is 7.53. The monoisotopic (exact) mass is 364 g/mol. The number of amides is 2. The molecule has 2 aliphatic heterocycles. The summed E-state index contributed by atoms with van der Waals surface area (Å²) >= 11 is 0. The van der Waals surface area contributed by atoms with Crippen LogP contribution in [0.2, 0.25) is 0 Å². The summed E-state index contributed by atoms with van der Waals surface area (Å²) in [4.78, 5) is 37.5. The van der Waals surface area contributed by atoms with E-state index in [1.807, 2.05) is 9.80 Å². The van der Waals surface area contributed by atoms with Gasteiger partial charge in [-0.2, -0.15) is 0 Å². The number of benzene rings is 1. The van der Waals surface area contributed by atoms with Crippen LogP contribution in [0, 0.1) is 12.8 Å². The third kappa shape index (κ3) is 3.70. The van der Waals surface area contributed by atoms with Crippen LogP contribution in [0.25, 0.3) is 0 Å². The maximum atomic E-state index is 12.8. The summed E-state index contributed by atoms with van der Waals surface area (Å²) in [6, 6.07) is 8.39. The van der Waals surface area contributed by atoms with Crippen molar-refractivity contribution in [2.24, 2.45) is 5.92 Å². The lowest BCUT2D eigenvalue weighted by Crippen LogP contribution is -2.43. The highest BCUT2D eigenvalue weighted by molar-refractivity contribution is 5.92. The topological polar surface area (TPSA) is 66.4 Å². The molecule has 4 rings (SSSR count). The Morgan fingerprint density at radius 3 is 2.74 bits per heavy atom. The second kappa shape index (κ2) is 7.47. The molecule has 6 heteroatoms. The average Bonchev–Trinajstić information content (AvgIpc) is 3.05. The minimum atomic E-state index is -0.0982. The number of fused-ring (bicyclic) bond motifs is 1. The van der Waals surface area contributed by atoms with Crippen LogP contribution < -0.4 is 0 Å². The van der Waals surface area contributed by atoms with Gasteiger partial charge in [0.1, 0.15) is 5.69 Å². The molecule has 0 saturated carbocycles. The maximum absolute atomic E-state index is 12.8. The van der Waals surface area contributed by atoms with Gasteiger partial charge in [-0.15, -0.1) is 0 Å². The van der Waals surface area contributed by atoms with Gasteiger partial charge in [0.25, 0.3) is 5.91 Å². The minimum absolute atomic E-state index is 0.0712. The van der Waals surface area contributed by atoms with Crippen LogP contribution >= 0.6 is 0 Å². The highest BCUT2D eigenvalue weighted by atomic mass is 16.2. The summed E-state index contributed by atoms with van der Waals surface area (Å²) in [6.45, 7) is 3.91. The van der Waals surface area contributed by atoms with E-state index in [9.17, 15) is 9.59 Å². The Bertz CT molecular complexity index is 822. The molecule has 2 fully saturated rings. The van der Waals surface area contributed by atoms with Gasteiger partial charge in [0.05, 0.1) is 12.2 Å². The number of nitrogens with zero attached hydrogens (tertiary/aromatic N) is 4. The van der Waals surface area contributed by atoms with Gasteiger partial charge in [-0.1, -0.05) is 29.8 Å². The van der Waals surface area contributed by atoms with Crippen LogP contribution in [0.5, 0.6) is 0 Å². The van der Waals surface area contributed by atoms with E-state index in [2.05, 4.69) is 41.2 Å². The lowest BCUT2D eigenvalue weighted by atomic mass is 9.98. The molecule has 0 N–H and O–H groups in total. The van der Waals surface area contributed by atoms with Gasteiger partial charge in [-0.3, -0.25) is 14.6 Å². The number of aromatic nitrogens is 2. The van der Waals surface area contributed by atoms with E-state index in [0.717, 1.165) is 18.4 Å². The Labute approximate surface area is 159 Å². The molecule has 27 heavy (non-hydrogen) atoms. The maximum Gasteiger partial charge on any atom is 0.274 e. The summed E-state index contributed by atoms with van der Waals surface area (Å²) in [5.74, 6) is 0.415. The van der Waals surface area contributed by atoms with Crippen molar-refractivity contribution >= 4 is 11.8 Å². The first kappa shape index (κ1) is 17.6. The van der Waals surface area contributed by atoms with Crippen LogP contribution in [0.15, 0.2) is 42.9 Å². The highest BCUT2D eigenvalue weighted by Crippen LogP contribution is 2.32. The van der Waals surface area contributed by atoms with Gasteiger partial charge < -0.3 is 9.80 Å². The number of hydrogen-bond acceptors (Lipinski definition) is 4. The van der Waals surface area contributed by atoms with E-state index in [0.29, 0.717) is 37.7 Å². The second-order valence-corrected chi connectivity index (χ2v) is 7.53. The minimum Gasteiger partial charge on any atom is -0.335 e. The molecule has 0 radical (unpaired) electrons. The Morgan fingerprint density at radius 2 is 2.00 bits per heavy atom. The zero-order chi connectivity index (χ0) is 18.8. The smallest absolute Gasteiger partial charge is 0.274 e. The van der Waals surface area contributed by atoms with E-state index in [1.165, 1.54) is 18.0 Å². The van der Waals surface area contributed by atoms with Gasteiger partial charge >= 0.3 is 0 Å². The molecule has 1 aromatic heterocycles. The number of likely N-dealkylation sites (tertiary alicyclic amines) is 2. The van der Waals surface area contributed by atoms with Crippen LogP contribution in [-0.2, 0) is 11.3 Å². The van der Waals surface area contributed by atoms with Gasteiger partial charge in [-0.25, -0.2) is 4.98 Å². The number of carbonyl (C=O) groups excluding carboxylic acids is 2. The quantitative estimate of drug-likeness (QED) is 0.839. The van der Waals surface area contributed by atoms with E-state index >= 15 is 0 Å². The van der Waals surface area contributed by atoms with Crippen molar-refractivity contribution in [3.63, 3.8) is 0 Å². The first-order valence-electron chi connectivity index (χ1n) is 9.52. The van der Waals surface area contributed by atoms with Crippen LogP contribution in [0.1, 0.15) is 40.9 Å². The Kier molecular flexibility index (Phi) is 4.88. The number of carbonyl (C=O) groups is 2. The zero-order valence-corrected chi connectivity index (χ0v) is 15.5. The zero-order valence-electron chi connectivity index (χ0n) is 15.5. The molecule has 3 heterocycles. The predicted molar refractivity (Wildman–Crippen MR) is 101 cm³/mol. The number of hydrogen-bond donors (Lipinski definition) is 0. The van der Waals surface area contributed by atoms with E-state index in [-0.39, 0.29) is 17.9 Å². The molecule has 2 atom stereocenters. The molecule has 0 bridgehead atoms. The van der Waals surface area contributed by atoms with E-state index in [4.69, 9.17) is 0 Å². The van der Waals surface area contributed by atoms with Crippen molar-refractivity contribution in [2.75, 3.05) is 13.1 Å². The summed E-state index contributed by atoms with van der Waals surface area (Å²) < 4.78 is 0. The molecule has 2 aromatic rings. The molecule has 1 aromatic carbocycles. The molecule has 2 amide bonds. The SMILES string of the molecule is Cc1ccc(CN2C(=O)CCC[C@@H]3CN(C(=O)c4cnccn4)C[C@@H]32)cc1. The van der Waals surface area contributed by atoms with Gasteiger partial charge in [-0.05, 0) is 31.2 Å². The van der Waals surface area contributed by atoms with Gasteiger partial charge in [0.2, 0.25) is 5.91 Å². The van der Waals surface area contributed by atoms with Gasteiger partial charge in [0.15, 0.2) is 0 Å². The molecule has 0 aliphatic carbocycles.